The second-order valence-corrected chi connectivity index (χ2v) is 6.07. The fraction of sp³-hybridized carbons (Fsp3) is 0.438. The Morgan fingerprint density at radius 1 is 1.32 bits per heavy atom. The number of benzene rings is 1. The molecule has 5 N–H and O–H groups in total. The van der Waals surface area contributed by atoms with Gasteiger partial charge in [0.2, 0.25) is 17.7 Å². The van der Waals surface area contributed by atoms with Crippen LogP contribution in [0.1, 0.15) is 25.8 Å². The van der Waals surface area contributed by atoms with Gasteiger partial charge in [-0.2, -0.15) is 0 Å². The van der Waals surface area contributed by atoms with Gasteiger partial charge in [-0.3, -0.25) is 14.4 Å². The summed E-state index contributed by atoms with van der Waals surface area (Å²) in [4.78, 5) is 35.0. The van der Waals surface area contributed by atoms with Gasteiger partial charge in [-0.1, -0.05) is 13.8 Å². The SMILES string of the molecule is CC(C)[C@H](N)C(=O)NCC(=O)Nc1cc2c(cc1F)CCC(=O)N2.Cl. The van der Waals surface area contributed by atoms with Crippen LogP contribution in [0.2, 0.25) is 0 Å². The van der Waals surface area contributed by atoms with Crippen molar-refractivity contribution in [3.05, 3.63) is 23.5 Å². The standard InChI is InChI=1S/C16H21FN4O3.ClH/c1-8(2)15(18)16(24)19-7-14(23)21-12-6-11-9(5-10(12)17)3-4-13(22)20-11;/h5-6,8,15H,3-4,7,18H2,1-2H3,(H,19,24)(H,20,22)(H,21,23);1H/t15-;/m0./s1. The van der Waals surface area contributed by atoms with E-state index in [4.69, 9.17) is 5.73 Å². The molecule has 1 aromatic rings. The van der Waals surface area contributed by atoms with Crippen LogP contribution in [0.15, 0.2) is 12.1 Å². The van der Waals surface area contributed by atoms with E-state index in [9.17, 15) is 18.8 Å². The van der Waals surface area contributed by atoms with Crippen molar-refractivity contribution in [3.63, 3.8) is 0 Å². The maximum Gasteiger partial charge on any atom is 0.243 e. The molecule has 1 aromatic carbocycles. The summed E-state index contributed by atoms with van der Waals surface area (Å²) in [5.74, 6) is -1.84. The molecular formula is C16H22ClFN4O3. The highest BCUT2D eigenvalue weighted by Gasteiger charge is 2.20. The first-order chi connectivity index (χ1) is 11.3. The van der Waals surface area contributed by atoms with Crippen LogP contribution >= 0.6 is 12.4 Å². The fourth-order valence-corrected chi connectivity index (χ4v) is 2.28. The Kier molecular flexibility index (Phi) is 7.32. The average molecular weight is 373 g/mol. The molecule has 138 valence electrons. The Hall–Kier alpha value is -2.19. The first-order valence-electron chi connectivity index (χ1n) is 7.73. The van der Waals surface area contributed by atoms with Crippen molar-refractivity contribution >= 4 is 41.5 Å². The Morgan fingerprint density at radius 2 is 2.00 bits per heavy atom. The normalized spacial score (nSPS) is 14.0. The molecule has 3 amide bonds. The van der Waals surface area contributed by atoms with Gasteiger partial charge in [-0.25, -0.2) is 4.39 Å². The van der Waals surface area contributed by atoms with Crippen molar-refractivity contribution in [3.8, 4) is 0 Å². The van der Waals surface area contributed by atoms with Gasteiger partial charge in [0.25, 0.3) is 0 Å². The molecule has 0 radical (unpaired) electrons. The number of aryl methyl sites for hydroxylation is 1. The highest BCUT2D eigenvalue weighted by atomic mass is 35.5. The van der Waals surface area contributed by atoms with Gasteiger partial charge in [0.1, 0.15) is 5.82 Å². The van der Waals surface area contributed by atoms with Crippen molar-refractivity contribution in [2.75, 3.05) is 17.2 Å². The van der Waals surface area contributed by atoms with Crippen LogP contribution in [0.3, 0.4) is 0 Å². The first kappa shape index (κ1) is 20.9. The van der Waals surface area contributed by atoms with Crippen LogP contribution in [0.4, 0.5) is 15.8 Å². The maximum atomic E-state index is 14.0. The fourth-order valence-electron chi connectivity index (χ4n) is 2.28. The molecule has 0 unspecified atom stereocenters. The van der Waals surface area contributed by atoms with Crippen molar-refractivity contribution in [2.24, 2.45) is 11.7 Å². The predicted molar refractivity (Wildman–Crippen MR) is 95.1 cm³/mol. The van der Waals surface area contributed by atoms with Crippen LogP contribution in [0, 0.1) is 11.7 Å². The molecule has 25 heavy (non-hydrogen) atoms. The summed E-state index contributed by atoms with van der Waals surface area (Å²) in [5, 5.41) is 7.42. The molecule has 2 rings (SSSR count). The third-order valence-electron chi connectivity index (χ3n) is 3.81. The third kappa shape index (κ3) is 5.40. The van der Waals surface area contributed by atoms with E-state index in [1.165, 1.54) is 12.1 Å². The molecule has 1 atom stereocenters. The minimum absolute atomic E-state index is 0. The van der Waals surface area contributed by atoms with E-state index in [2.05, 4.69) is 16.0 Å². The number of rotatable bonds is 5. The summed E-state index contributed by atoms with van der Waals surface area (Å²) >= 11 is 0. The van der Waals surface area contributed by atoms with E-state index in [0.29, 0.717) is 24.1 Å². The van der Waals surface area contributed by atoms with E-state index in [-0.39, 0.29) is 36.5 Å². The molecule has 1 heterocycles. The molecule has 0 spiro atoms. The van der Waals surface area contributed by atoms with Gasteiger partial charge in [0.15, 0.2) is 0 Å². The van der Waals surface area contributed by atoms with E-state index in [0.717, 1.165) is 0 Å². The summed E-state index contributed by atoms with van der Waals surface area (Å²) in [5.41, 5.74) is 6.78. The number of halogens is 2. The smallest absolute Gasteiger partial charge is 0.243 e. The van der Waals surface area contributed by atoms with E-state index in [1.807, 2.05) is 0 Å². The molecule has 0 saturated heterocycles. The van der Waals surface area contributed by atoms with E-state index < -0.39 is 23.7 Å². The van der Waals surface area contributed by atoms with Gasteiger partial charge >= 0.3 is 0 Å². The van der Waals surface area contributed by atoms with Gasteiger partial charge in [0.05, 0.1) is 18.3 Å². The lowest BCUT2D eigenvalue weighted by molar-refractivity contribution is -0.125. The predicted octanol–water partition coefficient (Wildman–Crippen LogP) is 1.17. The van der Waals surface area contributed by atoms with Crippen LogP contribution in [-0.4, -0.2) is 30.3 Å². The number of fused-ring (bicyclic) bond motifs is 1. The minimum Gasteiger partial charge on any atom is -0.346 e. The highest BCUT2D eigenvalue weighted by molar-refractivity contribution is 5.98. The molecule has 0 aromatic heterocycles. The monoisotopic (exact) mass is 372 g/mol. The number of carbonyl (C=O) groups excluding carboxylic acids is 3. The second kappa shape index (κ2) is 8.77. The summed E-state index contributed by atoms with van der Waals surface area (Å²) in [6.45, 7) is 3.27. The Bertz CT molecular complexity index is 682. The zero-order valence-corrected chi connectivity index (χ0v) is 14.8. The van der Waals surface area contributed by atoms with Gasteiger partial charge in [-0.05, 0) is 30.0 Å². The van der Waals surface area contributed by atoms with Crippen molar-refractivity contribution < 1.29 is 18.8 Å². The van der Waals surface area contributed by atoms with Gasteiger partial charge < -0.3 is 21.7 Å². The largest absolute Gasteiger partial charge is 0.346 e. The average Bonchev–Trinajstić information content (AvgIpc) is 2.52. The molecule has 0 saturated carbocycles. The van der Waals surface area contributed by atoms with Crippen LogP contribution in [0.5, 0.6) is 0 Å². The number of hydrogen-bond donors (Lipinski definition) is 4. The summed E-state index contributed by atoms with van der Waals surface area (Å²) in [6.07, 6.45) is 0.760. The van der Waals surface area contributed by atoms with E-state index >= 15 is 0 Å². The van der Waals surface area contributed by atoms with Crippen molar-refractivity contribution in [1.82, 2.24) is 5.32 Å². The lowest BCUT2D eigenvalue weighted by Crippen LogP contribution is -2.46. The zero-order chi connectivity index (χ0) is 17.9. The molecule has 7 nitrogen and oxygen atoms in total. The number of anilines is 2. The maximum absolute atomic E-state index is 14.0. The highest BCUT2D eigenvalue weighted by Crippen LogP contribution is 2.28. The summed E-state index contributed by atoms with van der Waals surface area (Å²) in [6, 6.07) is 1.95. The number of amides is 3. The lowest BCUT2D eigenvalue weighted by Gasteiger charge is -2.19. The summed E-state index contributed by atoms with van der Waals surface area (Å²) < 4.78 is 14.0. The third-order valence-corrected chi connectivity index (χ3v) is 3.81. The number of nitrogens with one attached hydrogen (secondary N) is 3. The van der Waals surface area contributed by atoms with Gasteiger partial charge in [-0.15, -0.1) is 12.4 Å². The van der Waals surface area contributed by atoms with Crippen molar-refractivity contribution in [2.45, 2.75) is 32.7 Å². The second-order valence-electron chi connectivity index (χ2n) is 6.07. The van der Waals surface area contributed by atoms with Crippen molar-refractivity contribution in [1.29, 1.82) is 0 Å². The molecule has 0 fully saturated rings. The Balaban J connectivity index is 0.00000312. The van der Waals surface area contributed by atoms with Crippen LogP contribution < -0.4 is 21.7 Å². The Morgan fingerprint density at radius 3 is 2.64 bits per heavy atom. The molecule has 9 heteroatoms. The molecular weight excluding hydrogens is 351 g/mol. The topological polar surface area (TPSA) is 113 Å². The van der Waals surface area contributed by atoms with E-state index in [1.54, 1.807) is 13.8 Å². The molecule has 0 bridgehead atoms. The number of hydrogen-bond acceptors (Lipinski definition) is 4. The molecule has 1 aliphatic rings. The molecule has 1 aliphatic heterocycles. The first-order valence-corrected chi connectivity index (χ1v) is 7.73. The lowest BCUT2D eigenvalue weighted by atomic mass is 10.0. The number of carbonyl (C=O) groups is 3. The van der Waals surface area contributed by atoms with Crippen LogP contribution in [0.25, 0.3) is 0 Å². The zero-order valence-electron chi connectivity index (χ0n) is 14.0. The van der Waals surface area contributed by atoms with Crippen LogP contribution in [-0.2, 0) is 20.8 Å². The Labute approximate surface area is 151 Å². The quantitative estimate of drug-likeness (QED) is 0.621. The minimum atomic E-state index is -0.714. The van der Waals surface area contributed by atoms with Gasteiger partial charge in [0, 0.05) is 12.1 Å². The summed E-state index contributed by atoms with van der Waals surface area (Å²) in [7, 11) is 0. The number of nitrogens with two attached hydrogens (primary N) is 1. The molecule has 0 aliphatic carbocycles.